The molecule has 2 aliphatic rings. The molecule has 0 aliphatic carbocycles. The number of likely N-dealkylation sites (tertiary alicyclic amines) is 2. The number of tetrazole rings is 1. The van der Waals surface area contributed by atoms with Gasteiger partial charge < -0.3 is 14.5 Å². The lowest BCUT2D eigenvalue weighted by atomic mass is 9.97. The molecule has 1 aromatic carbocycles. The third-order valence-corrected chi connectivity index (χ3v) is 7.49. The molecule has 2 amide bonds. The topological polar surface area (TPSA) is 111 Å². The monoisotopic (exact) mass is 496 g/mol. The van der Waals surface area contributed by atoms with E-state index in [1.165, 1.54) is 4.68 Å². The summed E-state index contributed by atoms with van der Waals surface area (Å²) in [6.45, 7) is 7.99. The Hall–Kier alpha value is -3.30. The summed E-state index contributed by atoms with van der Waals surface area (Å²) in [4.78, 5) is 42.0. The third kappa shape index (κ3) is 5.57. The van der Waals surface area contributed by atoms with Gasteiger partial charge in [-0.05, 0) is 88.8 Å². The van der Waals surface area contributed by atoms with Gasteiger partial charge in [0.1, 0.15) is 6.54 Å². The fourth-order valence-electron chi connectivity index (χ4n) is 5.59. The summed E-state index contributed by atoms with van der Waals surface area (Å²) in [7, 11) is 0. The van der Waals surface area contributed by atoms with Crippen molar-refractivity contribution in [3.8, 4) is 11.4 Å². The number of benzene rings is 1. The first-order valence-electron chi connectivity index (χ1n) is 12.9. The number of amides is 2. The third-order valence-electron chi connectivity index (χ3n) is 7.49. The minimum Gasteiger partial charge on any atom is -0.452 e. The molecular weight excluding hydrogens is 460 g/mol. The Kier molecular flexibility index (Phi) is 8.01. The molecule has 1 aromatic heterocycles. The molecular formula is C26H36N6O4. The van der Waals surface area contributed by atoms with Gasteiger partial charge in [0.05, 0.1) is 5.56 Å². The van der Waals surface area contributed by atoms with Gasteiger partial charge >= 0.3 is 5.97 Å². The van der Waals surface area contributed by atoms with Crippen molar-refractivity contribution < 1.29 is 19.1 Å². The molecule has 2 aliphatic heterocycles. The van der Waals surface area contributed by atoms with Crippen molar-refractivity contribution in [2.24, 2.45) is 0 Å². The highest BCUT2D eigenvalue weighted by Crippen LogP contribution is 2.24. The van der Waals surface area contributed by atoms with Crippen LogP contribution in [0.25, 0.3) is 11.4 Å². The first-order valence-corrected chi connectivity index (χ1v) is 12.9. The molecule has 10 heteroatoms. The molecule has 10 nitrogen and oxygen atoms in total. The number of carbonyl (C=O) groups is 3. The van der Waals surface area contributed by atoms with Crippen molar-refractivity contribution in [3.05, 3.63) is 29.8 Å². The number of ether oxygens (including phenoxy) is 1. The van der Waals surface area contributed by atoms with Crippen molar-refractivity contribution in [1.29, 1.82) is 0 Å². The highest BCUT2D eigenvalue weighted by molar-refractivity contribution is 5.91. The Morgan fingerprint density at radius 2 is 1.36 bits per heavy atom. The predicted octanol–water partition coefficient (Wildman–Crippen LogP) is 3.08. The van der Waals surface area contributed by atoms with Crippen LogP contribution in [-0.4, -0.2) is 78.6 Å². The van der Waals surface area contributed by atoms with E-state index in [2.05, 4.69) is 29.4 Å². The molecule has 0 spiro atoms. The van der Waals surface area contributed by atoms with Crippen LogP contribution >= 0.6 is 0 Å². The lowest BCUT2D eigenvalue weighted by molar-refractivity contribution is -0.140. The summed E-state index contributed by atoms with van der Waals surface area (Å²) in [5, 5.41) is 11.9. The van der Waals surface area contributed by atoms with Gasteiger partial charge in [-0.3, -0.25) is 9.59 Å². The smallest absolute Gasteiger partial charge is 0.338 e. The van der Waals surface area contributed by atoms with Gasteiger partial charge in [0.15, 0.2) is 12.4 Å². The van der Waals surface area contributed by atoms with E-state index in [1.807, 2.05) is 23.6 Å². The van der Waals surface area contributed by atoms with E-state index in [4.69, 9.17) is 4.74 Å². The SMILES string of the molecule is C[C@@H]1CCC[C@@H](C)N1C(=O)Cn1nnnc1-c1ccc(C(=O)OCC(=O)N2[C@H](C)CCC[C@@H]2C)cc1. The first kappa shape index (κ1) is 25.8. The Labute approximate surface area is 212 Å². The molecule has 36 heavy (non-hydrogen) atoms. The van der Waals surface area contributed by atoms with Crippen LogP contribution in [0.4, 0.5) is 0 Å². The normalized spacial score (nSPS) is 24.4. The van der Waals surface area contributed by atoms with E-state index in [9.17, 15) is 14.4 Å². The van der Waals surface area contributed by atoms with E-state index in [0.717, 1.165) is 38.5 Å². The highest BCUT2D eigenvalue weighted by Gasteiger charge is 2.31. The number of rotatable bonds is 6. The molecule has 3 heterocycles. The first-order chi connectivity index (χ1) is 17.3. The summed E-state index contributed by atoms with van der Waals surface area (Å²) in [6, 6.07) is 7.35. The molecule has 194 valence electrons. The number of aromatic nitrogens is 4. The Bertz CT molecular complexity index is 1060. The van der Waals surface area contributed by atoms with Gasteiger partial charge in [-0.25, -0.2) is 9.48 Å². The van der Waals surface area contributed by atoms with Crippen LogP contribution < -0.4 is 0 Å². The second-order valence-corrected chi connectivity index (χ2v) is 10.2. The molecule has 0 bridgehead atoms. The van der Waals surface area contributed by atoms with E-state index >= 15 is 0 Å². The number of hydrogen-bond acceptors (Lipinski definition) is 7. The van der Waals surface area contributed by atoms with Crippen LogP contribution in [0.3, 0.4) is 0 Å². The molecule has 2 fully saturated rings. The quantitative estimate of drug-likeness (QED) is 0.565. The molecule has 2 saturated heterocycles. The largest absolute Gasteiger partial charge is 0.452 e. The predicted molar refractivity (Wildman–Crippen MR) is 133 cm³/mol. The molecule has 4 atom stereocenters. The molecule has 0 saturated carbocycles. The lowest BCUT2D eigenvalue weighted by Crippen LogP contribution is -2.49. The van der Waals surface area contributed by atoms with E-state index in [1.54, 1.807) is 24.3 Å². The molecule has 0 radical (unpaired) electrons. The summed E-state index contributed by atoms with van der Waals surface area (Å²) < 4.78 is 6.80. The Balaban J connectivity index is 1.37. The van der Waals surface area contributed by atoms with Crippen molar-refractivity contribution in [3.63, 3.8) is 0 Å². The van der Waals surface area contributed by atoms with Crippen molar-refractivity contribution in [1.82, 2.24) is 30.0 Å². The maximum Gasteiger partial charge on any atom is 0.338 e. The average molecular weight is 497 g/mol. The van der Waals surface area contributed by atoms with Crippen molar-refractivity contribution in [2.75, 3.05) is 6.61 Å². The average Bonchev–Trinajstić information content (AvgIpc) is 3.30. The van der Waals surface area contributed by atoms with Crippen molar-refractivity contribution >= 4 is 17.8 Å². The standard InChI is InChI=1S/C26H36N6O4/c1-17-7-5-8-18(2)31(17)23(33)15-30-25(27-28-29-30)21-11-13-22(14-12-21)26(35)36-16-24(34)32-19(3)9-6-10-20(32)4/h11-14,17-20H,5-10,15-16H2,1-4H3/t17-,18-,19-,20+/m1/s1. The highest BCUT2D eigenvalue weighted by atomic mass is 16.5. The Morgan fingerprint density at radius 1 is 0.833 bits per heavy atom. The fraction of sp³-hybridized carbons (Fsp3) is 0.615. The van der Waals surface area contributed by atoms with Crippen LogP contribution in [-0.2, 0) is 20.9 Å². The van der Waals surface area contributed by atoms with Crippen LogP contribution in [0.2, 0.25) is 0 Å². The van der Waals surface area contributed by atoms with E-state index in [-0.39, 0.29) is 49.1 Å². The van der Waals surface area contributed by atoms with Gasteiger partial charge in [0.2, 0.25) is 5.91 Å². The zero-order valence-corrected chi connectivity index (χ0v) is 21.6. The summed E-state index contributed by atoms with van der Waals surface area (Å²) in [5.74, 6) is -0.287. The molecule has 0 N–H and O–H groups in total. The Morgan fingerprint density at radius 3 is 1.92 bits per heavy atom. The summed E-state index contributed by atoms with van der Waals surface area (Å²) >= 11 is 0. The fourth-order valence-corrected chi connectivity index (χ4v) is 5.59. The van der Waals surface area contributed by atoms with Gasteiger partial charge in [0, 0.05) is 29.7 Å². The lowest BCUT2D eigenvalue weighted by Gasteiger charge is -2.39. The number of carbonyl (C=O) groups excluding carboxylic acids is 3. The summed E-state index contributed by atoms with van der Waals surface area (Å²) in [5.41, 5.74) is 1.01. The zero-order valence-electron chi connectivity index (χ0n) is 21.6. The second kappa shape index (κ2) is 11.2. The van der Waals surface area contributed by atoms with Crippen LogP contribution in [0.1, 0.15) is 76.6 Å². The van der Waals surface area contributed by atoms with Gasteiger partial charge in [-0.1, -0.05) is 12.1 Å². The maximum atomic E-state index is 13.0. The summed E-state index contributed by atoms with van der Waals surface area (Å²) in [6.07, 6.45) is 6.16. The second-order valence-electron chi connectivity index (χ2n) is 10.2. The van der Waals surface area contributed by atoms with Gasteiger partial charge in [0.25, 0.3) is 5.91 Å². The minimum absolute atomic E-state index is 0.00884. The number of piperidine rings is 2. The minimum atomic E-state index is -0.560. The molecule has 0 unspecified atom stereocenters. The van der Waals surface area contributed by atoms with Crippen molar-refractivity contribution in [2.45, 2.75) is 96.9 Å². The van der Waals surface area contributed by atoms with Gasteiger partial charge in [-0.15, -0.1) is 5.10 Å². The van der Waals surface area contributed by atoms with Crippen LogP contribution in [0, 0.1) is 0 Å². The number of hydrogen-bond donors (Lipinski definition) is 0. The molecule has 2 aromatic rings. The maximum absolute atomic E-state index is 13.0. The number of nitrogens with zero attached hydrogens (tertiary/aromatic N) is 6. The van der Waals surface area contributed by atoms with E-state index in [0.29, 0.717) is 17.0 Å². The van der Waals surface area contributed by atoms with Gasteiger partial charge in [-0.2, -0.15) is 0 Å². The van der Waals surface area contributed by atoms with E-state index < -0.39 is 5.97 Å². The molecule has 4 rings (SSSR count). The zero-order chi connectivity index (χ0) is 25.8. The van der Waals surface area contributed by atoms with Crippen LogP contribution in [0.5, 0.6) is 0 Å². The van der Waals surface area contributed by atoms with Crippen LogP contribution in [0.15, 0.2) is 24.3 Å². The number of esters is 1.